The second kappa shape index (κ2) is 11.5. The maximum atomic E-state index is 13.4. The summed E-state index contributed by atoms with van der Waals surface area (Å²) < 4.78 is 15.5. The number of carbonyl (C=O) groups is 2. The molecule has 1 aromatic heterocycles. The van der Waals surface area contributed by atoms with Gasteiger partial charge in [0, 0.05) is 39.4 Å². The third-order valence-electron chi connectivity index (χ3n) is 5.73. The molecule has 1 fully saturated rings. The van der Waals surface area contributed by atoms with Crippen molar-refractivity contribution in [2.24, 2.45) is 5.92 Å². The predicted octanol–water partition coefficient (Wildman–Crippen LogP) is 3.13. The van der Waals surface area contributed by atoms with Gasteiger partial charge in [0.15, 0.2) is 0 Å². The molecule has 2 heterocycles. The summed E-state index contributed by atoms with van der Waals surface area (Å²) in [6, 6.07) is 13.1. The van der Waals surface area contributed by atoms with Gasteiger partial charge in [-0.15, -0.1) is 0 Å². The van der Waals surface area contributed by atoms with Crippen molar-refractivity contribution in [1.29, 1.82) is 0 Å². The average Bonchev–Trinajstić information content (AvgIpc) is 2.84. The van der Waals surface area contributed by atoms with Gasteiger partial charge >= 0.3 is 6.09 Å². The first-order valence-corrected chi connectivity index (χ1v) is 10.8. The summed E-state index contributed by atoms with van der Waals surface area (Å²) in [4.78, 5) is 33.5. The van der Waals surface area contributed by atoms with Crippen molar-refractivity contribution in [3.63, 3.8) is 0 Å². The molecule has 0 bridgehead atoms. The molecule has 0 radical (unpaired) electrons. The van der Waals surface area contributed by atoms with Crippen LogP contribution in [-0.4, -0.2) is 74.4 Å². The van der Waals surface area contributed by atoms with Gasteiger partial charge in [0.05, 0.1) is 25.5 Å². The van der Waals surface area contributed by atoms with Crippen LogP contribution in [0.5, 0.6) is 5.75 Å². The van der Waals surface area contributed by atoms with E-state index in [1.54, 1.807) is 30.2 Å². The molecule has 0 N–H and O–H groups in total. The average molecular weight is 442 g/mol. The fourth-order valence-electron chi connectivity index (χ4n) is 3.97. The number of aromatic nitrogens is 1. The molecule has 1 saturated heterocycles. The number of likely N-dealkylation sites (tertiary alicyclic amines) is 1. The zero-order valence-electron chi connectivity index (χ0n) is 18.9. The maximum Gasteiger partial charge on any atom is 0.409 e. The number of rotatable bonds is 8. The first kappa shape index (κ1) is 23.5. The van der Waals surface area contributed by atoms with Gasteiger partial charge in [-0.2, -0.15) is 0 Å². The molecule has 1 aliphatic heterocycles. The Morgan fingerprint density at radius 1 is 1.12 bits per heavy atom. The van der Waals surface area contributed by atoms with Crippen molar-refractivity contribution in [3.05, 3.63) is 59.9 Å². The molecule has 3 rings (SSSR count). The van der Waals surface area contributed by atoms with Gasteiger partial charge in [0.25, 0.3) is 0 Å². The molecule has 1 aromatic carbocycles. The summed E-state index contributed by atoms with van der Waals surface area (Å²) in [5.41, 5.74) is 1.72. The number of pyridine rings is 1. The molecular weight excluding hydrogens is 410 g/mol. The molecule has 8 heteroatoms. The summed E-state index contributed by atoms with van der Waals surface area (Å²) in [6.45, 7) is 1.57. The van der Waals surface area contributed by atoms with Gasteiger partial charge in [0.2, 0.25) is 5.91 Å². The van der Waals surface area contributed by atoms with E-state index >= 15 is 0 Å². The number of hydrogen-bond acceptors (Lipinski definition) is 6. The van der Waals surface area contributed by atoms with Crippen LogP contribution < -0.4 is 4.74 Å². The van der Waals surface area contributed by atoms with E-state index < -0.39 is 0 Å². The number of carbonyl (C=O) groups excluding carboxylic acids is 2. The van der Waals surface area contributed by atoms with E-state index in [1.165, 1.54) is 0 Å². The van der Waals surface area contributed by atoms with E-state index in [9.17, 15) is 9.59 Å². The Morgan fingerprint density at radius 2 is 1.91 bits per heavy atom. The maximum absolute atomic E-state index is 13.4. The van der Waals surface area contributed by atoms with Crippen LogP contribution in [0.2, 0.25) is 0 Å². The summed E-state index contributed by atoms with van der Waals surface area (Å²) in [5, 5.41) is 0. The third kappa shape index (κ3) is 5.76. The third-order valence-corrected chi connectivity index (χ3v) is 5.73. The highest BCUT2D eigenvalue weighted by atomic mass is 16.6. The van der Waals surface area contributed by atoms with Crippen LogP contribution in [0.25, 0.3) is 0 Å². The van der Waals surface area contributed by atoms with E-state index in [2.05, 4.69) is 4.98 Å². The summed E-state index contributed by atoms with van der Waals surface area (Å²) >= 11 is 0. The summed E-state index contributed by atoms with van der Waals surface area (Å²) in [6.07, 6.45) is 2.56. The number of nitrogens with zero attached hydrogens (tertiary/aromatic N) is 3. The highest BCUT2D eigenvalue weighted by Gasteiger charge is 2.33. The highest BCUT2D eigenvalue weighted by Crippen LogP contribution is 2.31. The molecule has 8 nitrogen and oxygen atoms in total. The van der Waals surface area contributed by atoms with Crippen LogP contribution in [0, 0.1) is 5.92 Å². The second-order valence-electron chi connectivity index (χ2n) is 7.75. The lowest BCUT2D eigenvalue weighted by Gasteiger charge is -2.35. The van der Waals surface area contributed by atoms with E-state index in [0.29, 0.717) is 32.5 Å². The summed E-state index contributed by atoms with van der Waals surface area (Å²) in [5.74, 6) is 0.597. The highest BCUT2D eigenvalue weighted by molar-refractivity contribution is 5.80. The van der Waals surface area contributed by atoms with Gasteiger partial charge in [-0.1, -0.05) is 18.2 Å². The Morgan fingerprint density at radius 3 is 2.56 bits per heavy atom. The molecule has 0 saturated carbocycles. The number of benzene rings is 1. The standard InChI is InChI=1S/C24H31N3O5/c1-26(23(28)18-10-13-27(14-11-18)24(29)32-16-15-30-2)22(21-9-4-5-12-25-21)19-7-6-8-20(17-19)31-3/h4-9,12,17-18,22H,10-11,13-16H2,1-3H3. The molecule has 2 amide bonds. The largest absolute Gasteiger partial charge is 0.497 e. The van der Waals surface area contributed by atoms with Gasteiger partial charge in [0.1, 0.15) is 12.4 Å². The molecule has 1 unspecified atom stereocenters. The van der Waals surface area contributed by atoms with Crippen molar-refractivity contribution >= 4 is 12.0 Å². The molecule has 2 aromatic rings. The quantitative estimate of drug-likeness (QED) is 0.586. The normalized spacial score (nSPS) is 15.2. The summed E-state index contributed by atoms with van der Waals surface area (Å²) in [7, 11) is 5.00. The van der Waals surface area contributed by atoms with E-state index in [-0.39, 0.29) is 30.6 Å². The van der Waals surface area contributed by atoms with Gasteiger partial charge in [-0.05, 0) is 42.7 Å². The lowest BCUT2D eigenvalue weighted by Crippen LogP contribution is -2.44. The number of piperidine rings is 1. The second-order valence-corrected chi connectivity index (χ2v) is 7.75. The van der Waals surface area contributed by atoms with Crippen LogP contribution in [0.3, 0.4) is 0 Å². The zero-order chi connectivity index (χ0) is 22.9. The van der Waals surface area contributed by atoms with Crippen LogP contribution in [-0.2, 0) is 14.3 Å². The number of amides is 2. The fourth-order valence-corrected chi connectivity index (χ4v) is 3.97. The van der Waals surface area contributed by atoms with Crippen LogP contribution in [0.1, 0.15) is 30.1 Å². The Kier molecular flexibility index (Phi) is 8.44. The molecule has 0 spiro atoms. The Labute approximate surface area is 189 Å². The minimum atomic E-state index is -0.357. The van der Waals surface area contributed by atoms with Crippen LogP contribution in [0.4, 0.5) is 4.79 Å². The Balaban J connectivity index is 1.71. The Bertz CT molecular complexity index is 884. The first-order valence-electron chi connectivity index (χ1n) is 10.8. The van der Waals surface area contributed by atoms with Crippen molar-refractivity contribution in [2.75, 3.05) is 47.6 Å². The van der Waals surface area contributed by atoms with Crippen LogP contribution >= 0.6 is 0 Å². The smallest absolute Gasteiger partial charge is 0.409 e. The molecule has 172 valence electrons. The van der Waals surface area contributed by atoms with Gasteiger partial charge in [-0.3, -0.25) is 9.78 Å². The minimum Gasteiger partial charge on any atom is -0.497 e. The van der Waals surface area contributed by atoms with Crippen molar-refractivity contribution < 1.29 is 23.8 Å². The number of hydrogen-bond donors (Lipinski definition) is 0. The topological polar surface area (TPSA) is 81.2 Å². The first-order chi connectivity index (χ1) is 15.5. The fraction of sp³-hybridized carbons (Fsp3) is 0.458. The predicted molar refractivity (Wildman–Crippen MR) is 119 cm³/mol. The molecule has 0 aliphatic carbocycles. The van der Waals surface area contributed by atoms with Crippen LogP contribution in [0.15, 0.2) is 48.7 Å². The molecular formula is C24H31N3O5. The minimum absolute atomic E-state index is 0.0378. The lowest BCUT2D eigenvalue weighted by atomic mass is 9.93. The SMILES string of the molecule is COCCOC(=O)N1CCC(C(=O)N(C)C(c2cccc(OC)c2)c2ccccn2)CC1. The van der Waals surface area contributed by atoms with E-state index in [0.717, 1.165) is 17.0 Å². The lowest BCUT2D eigenvalue weighted by molar-refractivity contribution is -0.137. The zero-order valence-corrected chi connectivity index (χ0v) is 18.9. The van der Waals surface area contributed by atoms with Crippen molar-refractivity contribution in [3.8, 4) is 5.75 Å². The van der Waals surface area contributed by atoms with E-state index in [1.807, 2.05) is 49.5 Å². The van der Waals surface area contributed by atoms with E-state index in [4.69, 9.17) is 14.2 Å². The van der Waals surface area contributed by atoms with Crippen molar-refractivity contribution in [2.45, 2.75) is 18.9 Å². The molecule has 1 aliphatic rings. The van der Waals surface area contributed by atoms with Gasteiger partial charge < -0.3 is 24.0 Å². The van der Waals surface area contributed by atoms with Crippen molar-refractivity contribution in [1.82, 2.24) is 14.8 Å². The number of methoxy groups -OCH3 is 2. The van der Waals surface area contributed by atoms with Gasteiger partial charge in [-0.25, -0.2) is 4.79 Å². The number of ether oxygens (including phenoxy) is 3. The Hall–Kier alpha value is -3.13. The monoisotopic (exact) mass is 441 g/mol. The molecule has 32 heavy (non-hydrogen) atoms. The molecule has 1 atom stereocenters.